The van der Waals surface area contributed by atoms with Gasteiger partial charge in [0.25, 0.3) is 5.91 Å². The van der Waals surface area contributed by atoms with Crippen molar-refractivity contribution < 1.29 is 14.3 Å². The largest absolute Gasteiger partial charge is 0.483 e. The van der Waals surface area contributed by atoms with Gasteiger partial charge >= 0.3 is 0 Å². The number of hydrazine groups is 1. The first-order chi connectivity index (χ1) is 10.6. The van der Waals surface area contributed by atoms with Crippen LogP contribution < -0.4 is 15.6 Å². The summed E-state index contributed by atoms with van der Waals surface area (Å²) in [5.74, 6) is 0.257. The molecule has 5 nitrogen and oxygen atoms in total. The third-order valence-corrected chi connectivity index (χ3v) is 4.00. The predicted molar refractivity (Wildman–Crippen MR) is 84.3 cm³/mol. The predicted octanol–water partition coefficient (Wildman–Crippen LogP) is 2.41. The maximum Gasteiger partial charge on any atom is 0.276 e. The van der Waals surface area contributed by atoms with E-state index >= 15 is 0 Å². The standard InChI is InChI=1S/C17H24N2O3/c1-12-8-9-13(2)15(10-12)22-11-16(20)18-19-17(21)14-6-4-3-5-7-14/h8-10,14H,3-7,11H2,1-2H3,(H,18,20)(H,19,21). The number of benzene rings is 1. The van der Waals surface area contributed by atoms with Crippen LogP contribution in [0.3, 0.4) is 0 Å². The lowest BCUT2D eigenvalue weighted by Crippen LogP contribution is -2.46. The van der Waals surface area contributed by atoms with Gasteiger partial charge in [-0.25, -0.2) is 0 Å². The van der Waals surface area contributed by atoms with Crippen LogP contribution in [0.15, 0.2) is 18.2 Å². The zero-order valence-corrected chi connectivity index (χ0v) is 13.3. The Balaban J connectivity index is 1.73. The molecule has 0 aromatic heterocycles. The highest BCUT2D eigenvalue weighted by molar-refractivity contribution is 5.84. The molecule has 0 saturated heterocycles. The van der Waals surface area contributed by atoms with Gasteiger partial charge in [-0.2, -0.15) is 0 Å². The van der Waals surface area contributed by atoms with E-state index in [1.165, 1.54) is 6.42 Å². The SMILES string of the molecule is Cc1ccc(C)c(OCC(=O)NNC(=O)C2CCCCC2)c1. The smallest absolute Gasteiger partial charge is 0.276 e. The number of nitrogens with one attached hydrogen (secondary N) is 2. The molecule has 2 N–H and O–H groups in total. The maximum absolute atomic E-state index is 11.9. The van der Waals surface area contributed by atoms with Crippen LogP contribution in [0.2, 0.25) is 0 Å². The Bertz CT molecular complexity index is 537. The van der Waals surface area contributed by atoms with Crippen molar-refractivity contribution in [3.8, 4) is 5.75 Å². The fourth-order valence-electron chi connectivity index (χ4n) is 2.64. The highest BCUT2D eigenvalue weighted by Crippen LogP contribution is 2.23. The van der Waals surface area contributed by atoms with Crippen molar-refractivity contribution >= 4 is 11.8 Å². The molecule has 0 bridgehead atoms. The second-order valence-electron chi connectivity index (χ2n) is 5.93. The van der Waals surface area contributed by atoms with Gasteiger partial charge in [-0.05, 0) is 43.9 Å². The Hall–Kier alpha value is -2.04. The van der Waals surface area contributed by atoms with Crippen LogP contribution in [-0.4, -0.2) is 18.4 Å². The lowest BCUT2D eigenvalue weighted by Gasteiger charge is -2.20. The van der Waals surface area contributed by atoms with Gasteiger partial charge in [-0.15, -0.1) is 0 Å². The van der Waals surface area contributed by atoms with Crippen molar-refractivity contribution in [2.24, 2.45) is 5.92 Å². The molecule has 1 aromatic carbocycles. The third-order valence-electron chi connectivity index (χ3n) is 4.00. The number of ether oxygens (including phenoxy) is 1. The molecule has 0 heterocycles. The molecule has 0 atom stereocenters. The number of rotatable bonds is 4. The van der Waals surface area contributed by atoms with E-state index in [-0.39, 0.29) is 24.3 Å². The highest BCUT2D eigenvalue weighted by atomic mass is 16.5. The summed E-state index contributed by atoms with van der Waals surface area (Å²) < 4.78 is 5.49. The average molecular weight is 304 g/mol. The van der Waals surface area contributed by atoms with Gasteiger partial charge in [-0.3, -0.25) is 20.4 Å². The van der Waals surface area contributed by atoms with Crippen LogP contribution in [0, 0.1) is 19.8 Å². The van der Waals surface area contributed by atoms with E-state index in [1.54, 1.807) is 0 Å². The molecule has 1 aromatic rings. The summed E-state index contributed by atoms with van der Waals surface area (Å²) in [4.78, 5) is 23.7. The molecule has 0 spiro atoms. The fraction of sp³-hybridized carbons (Fsp3) is 0.529. The molecule has 5 heteroatoms. The molecule has 1 aliphatic rings. The van der Waals surface area contributed by atoms with Crippen LogP contribution in [0.1, 0.15) is 43.2 Å². The summed E-state index contributed by atoms with van der Waals surface area (Å²) in [6.45, 7) is 3.78. The van der Waals surface area contributed by atoms with Crippen LogP contribution in [0.4, 0.5) is 0 Å². The van der Waals surface area contributed by atoms with Gasteiger partial charge in [-0.1, -0.05) is 31.4 Å². The van der Waals surface area contributed by atoms with E-state index in [2.05, 4.69) is 10.9 Å². The Morgan fingerprint density at radius 1 is 1.14 bits per heavy atom. The fourth-order valence-corrected chi connectivity index (χ4v) is 2.64. The molecule has 120 valence electrons. The van der Waals surface area contributed by atoms with E-state index < -0.39 is 0 Å². The number of amides is 2. The highest BCUT2D eigenvalue weighted by Gasteiger charge is 2.21. The number of hydrogen-bond donors (Lipinski definition) is 2. The molecule has 2 rings (SSSR count). The first-order valence-corrected chi connectivity index (χ1v) is 7.85. The first kappa shape index (κ1) is 16.3. The van der Waals surface area contributed by atoms with Gasteiger partial charge in [0.1, 0.15) is 5.75 Å². The molecule has 0 radical (unpaired) electrons. The lowest BCUT2D eigenvalue weighted by atomic mass is 9.89. The normalized spacial score (nSPS) is 15.2. The Labute approximate surface area is 131 Å². The van der Waals surface area contributed by atoms with Crippen LogP contribution in [0.5, 0.6) is 5.75 Å². The average Bonchev–Trinajstić information content (AvgIpc) is 2.54. The zero-order valence-electron chi connectivity index (χ0n) is 13.3. The quantitative estimate of drug-likeness (QED) is 0.839. The van der Waals surface area contributed by atoms with Crippen molar-refractivity contribution in [3.05, 3.63) is 29.3 Å². The van der Waals surface area contributed by atoms with Gasteiger partial charge in [0.05, 0.1) is 0 Å². The lowest BCUT2D eigenvalue weighted by molar-refractivity contribution is -0.132. The van der Waals surface area contributed by atoms with E-state index in [0.29, 0.717) is 5.75 Å². The molecule has 0 aliphatic heterocycles. The van der Waals surface area contributed by atoms with Crippen molar-refractivity contribution in [1.29, 1.82) is 0 Å². The van der Waals surface area contributed by atoms with Crippen LogP contribution in [0.25, 0.3) is 0 Å². The van der Waals surface area contributed by atoms with Crippen molar-refractivity contribution in [1.82, 2.24) is 10.9 Å². The van der Waals surface area contributed by atoms with Crippen molar-refractivity contribution in [2.45, 2.75) is 46.0 Å². The summed E-state index contributed by atoms with van der Waals surface area (Å²) in [5, 5.41) is 0. The Kier molecular flexibility index (Phi) is 5.81. The summed E-state index contributed by atoms with van der Waals surface area (Å²) in [5.41, 5.74) is 6.97. The molecule has 0 unspecified atom stereocenters. The van der Waals surface area contributed by atoms with Crippen LogP contribution in [-0.2, 0) is 9.59 Å². The van der Waals surface area contributed by atoms with Gasteiger partial charge < -0.3 is 4.74 Å². The summed E-state index contributed by atoms with van der Waals surface area (Å²) in [7, 11) is 0. The van der Waals surface area contributed by atoms with Crippen LogP contribution >= 0.6 is 0 Å². The minimum Gasteiger partial charge on any atom is -0.483 e. The number of hydrogen-bond acceptors (Lipinski definition) is 3. The molecular weight excluding hydrogens is 280 g/mol. The minimum absolute atomic E-state index is 0.0222. The number of carbonyl (C=O) groups excluding carboxylic acids is 2. The van der Waals surface area contributed by atoms with E-state index in [4.69, 9.17) is 4.74 Å². The first-order valence-electron chi connectivity index (χ1n) is 7.85. The van der Waals surface area contributed by atoms with Crippen molar-refractivity contribution in [2.75, 3.05) is 6.61 Å². The van der Waals surface area contributed by atoms with E-state index in [9.17, 15) is 9.59 Å². The van der Waals surface area contributed by atoms with Gasteiger partial charge in [0, 0.05) is 5.92 Å². The summed E-state index contributed by atoms with van der Waals surface area (Å²) >= 11 is 0. The van der Waals surface area contributed by atoms with Crippen molar-refractivity contribution in [3.63, 3.8) is 0 Å². The number of carbonyl (C=O) groups is 2. The Morgan fingerprint density at radius 2 is 1.86 bits per heavy atom. The zero-order chi connectivity index (χ0) is 15.9. The third kappa shape index (κ3) is 4.76. The second-order valence-corrected chi connectivity index (χ2v) is 5.93. The molecule has 1 saturated carbocycles. The second kappa shape index (κ2) is 7.82. The molecule has 22 heavy (non-hydrogen) atoms. The van der Waals surface area contributed by atoms with Gasteiger partial charge in [0.15, 0.2) is 6.61 Å². The maximum atomic E-state index is 11.9. The topological polar surface area (TPSA) is 67.4 Å². The van der Waals surface area contributed by atoms with Gasteiger partial charge in [0.2, 0.25) is 5.91 Å². The Morgan fingerprint density at radius 3 is 2.59 bits per heavy atom. The number of aryl methyl sites for hydroxylation is 2. The van der Waals surface area contributed by atoms with E-state index in [1.807, 2.05) is 32.0 Å². The summed E-state index contributed by atoms with van der Waals surface area (Å²) in [6, 6.07) is 5.84. The molecule has 2 amide bonds. The van der Waals surface area contributed by atoms with E-state index in [0.717, 1.165) is 36.8 Å². The minimum atomic E-state index is -0.356. The molecular formula is C17H24N2O3. The summed E-state index contributed by atoms with van der Waals surface area (Å²) in [6.07, 6.45) is 5.17. The monoisotopic (exact) mass is 304 g/mol. The molecule has 1 aliphatic carbocycles. The molecule has 1 fully saturated rings.